The number of rotatable bonds is 10. The second kappa shape index (κ2) is 13.7. The predicted molar refractivity (Wildman–Crippen MR) is 138 cm³/mol. The van der Waals surface area contributed by atoms with Crippen LogP contribution in [0.4, 0.5) is 11.4 Å². The summed E-state index contributed by atoms with van der Waals surface area (Å²) in [5.74, 6) is -0.0737. The van der Waals surface area contributed by atoms with Crippen molar-refractivity contribution in [3.8, 4) is 5.75 Å². The molecule has 0 unspecified atom stereocenters. The number of aromatic amines is 1. The average Bonchev–Trinajstić information content (AvgIpc) is 3.21. The zero-order valence-electron chi connectivity index (χ0n) is 20.8. The minimum Gasteiger partial charge on any atom is -1.00 e. The van der Waals surface area contributed by atoms with Crippen LogP contribution in [0.1, 0.15) is 49.5 Å². The van der Waals surface area contributed by atoms with E-state index in [9.17, 15) is 9.90 Å². The molecule has 0 spiro atoms. The zero-order valence-corrected chi connectivity index (χ0v) is 23.1. The topological polar surface area (TPSA) is 77.1 Å². The largest absolute Gasteiger partial charge is 1.00 e. The molecule has 0 aliphatic heterocycles. The lowest BCUT2D eigenvalue weighted by Gasteiger charge is -2.19. The lowest BCUT2D eigenvalue weighted by Crippen LogP contribution is -3.10. The molecule has 0 atom stereocenters. The first-order valence-corrected chi connectivity index (χ1v) is 12.8. The van der Waals surface area contributed by atoms with Gasteiger partial charge in [-0.15, -0.1) is 11.3 Å². The summed E-state index contributed by atoms with van der Waals surface area (Å²) in [6.45, 7) is 9.37. The molecular formula is C27H33Cl2N3O3S. The van der Waals surface area contributed by atoms with Crippen molar-refractivity contribution in [3.63, 3.8) is 0 Å². The van der Waals surface area contributed by atoms with Crippen molar-refractivity contribution in [1.82, 2.24) is 0 Å². The van der Waals surface area contributed by atoms with Crippen molar-refractivity contribution in [3.05, 3.63) is 59.8 Å². The smallest absolute Gasteiger partial charge is 0.346 e. The third-order valence-electron chi connectivity index (χ3n) is 5.94. The molecule has 194 valence electrons. The number of thiophene rings is 1. The van der Waals surface area contributed by atoms with E-state index in [1.165, 1.54) is 4.90 Å². The number of carbonyl (C=O) groups excluding carboxylic acids is 1. The van der Waals surface area contributed by atoms with E-state index in [1.54, 1.807) is 30.5 Å². The summed E-state index contributed by atoms with van der Waals surface area (Å²) in [5.41, 5.74) is 3.89. The molecule has 36 heavy (non-hydrogen) atoms. The maximum atomic E-state index is 12.8. The third-order valence-corrected chi connectivity index (χ3v) is 7.13. The number of pyridine rings is 1. The van der Waals surface area contributed by atoms with Gasteiger partial charge in [0.05, 0.1) is 30.8 Å². The van der Waals surface area contributed by atoms with E-state index in [0.717, 1.165) is 69.7 Å². The Morgan fingerprint density at radius 1 is 1.08 bits per heavy atom. The third kappa shape index (κ3) is 6.40. The Morgan fingerprint density at radius 3 is 2.50 bits per heavy atom. The lowest BCUT2D eigenvalue weighted by molar-refractivity contribution is -0.914. The first-order chi connectivity index (χ1) is 16.5. The number of hydrogen-bond acceptors (Lipinski definition) is 5. The molecule has 2 aromatic heterocycles. The number of H-pyrrole nitrogens is 1. The number of fused-ring (bicyclic) bond motifs is 3. The number of ether oxygens (including phenoxy) is 1. The van der Waals surface area contributed by atoms with E-state index in [4.69, 9.17) is 4.74 Å². The molecule has 4 N–H and O–H groups in total. The number of phenolic OH excluding ortho intramolecular Hbond substituents is 1. The van der Waals surface area contributed by atoms with E-state index >= 15 is 0 Å². The Balaban J connectivity index is 0.00000228. The van der Waals surface area contributed by atoms with Crippen LogP contribution in [0.15, 0.2) is 48.7 Å². The van der Waals surface area contributed by atoms with Crippen molar-refractivity contribution in [2.75, 3.05) is 25.0 Å². The Labute approximate surface area is 228 Å². The van der Waals surface area contributed by atoms with Crippen molar-refractivity contribution in [1.29, 1.82) is 0 Å². The van der Waals surface area contributed by atoms with Gasteiger partial charge in [0, 0.05) is 16.0 Å². The molecule has 0 aliphatic carbocycles. The Hall–Kier alpha value is -2.58. The highest BCUT2D eigenvalue weighted by Gasteiger charge is 2.24. The number of quaternary nitrogens is 1. The van der Waals surface area contributed by atoms with Gasteiger partial charge in [-0.25, -0.2) is 9.78 Å². The van der Waals surface area contributed by atoms with Gasteiger partial charge in [-0.2, -0.15) is 0 Å². The molecular weight excluding hydrogens is 517 g/mol. The molecule has 0 amide bonds. The molecule has 6 nitrogen and oxygen atoms in total. The van der Waals surface area contributed by atoms with Crippen LogP contribution in [-0.2, 0) is 11.3 Å². The standard InChI is InChI=1S/C27H31N3O3S.2ClH/c1-4-13-30(14-5-2)17-18-15-19(11-12-22(18)31)29-25-21(27(32)33-6-3)16-28-24-20-9-7-8-10-23(20)34-26(24)25;;/h7-12,15-16,31H,4-6,13-14,17H2,1-3H3,(H,28,29);2*1H. The quantitative estimate of drug-likeness (QED) is 0.170. The Morgan fingerprint density at radius 2 is 1.81 bits per heavy atom. The van der Waals surface area contributed by atoms with Crippen LogP contribution in [0.25, 0.3) is 20.3 Å². The minimum atomic E-state index is -0.374. The molecule has 0 saturated heterocycles. The Kier molecular flexibility index (Phi) is 11.2. The molecule has 0 fully saturated rings. The highest BCUT2D eigenvalue weighted by Crippen LogP contribution is 2.39. The number of carbonyl (C=O) groups is 1. The van der Waals surface area contributed by atoms with Gasteiger partial charge >= 0.3 is 5.97 Å². The number of anilines is 2. The SMILES string of the molecule is CCC[NH+](CCC)Cc1cc(Nc2c(C(=O)OCC)c[nH+]c3c2sc2ccccc23)ccc1O.[Cl-].[Cl-]. The van der Waals surface area contributed by atoms with Crippen LogP contribution in [-0.4, -0.2) is 30.8 Å². The second-order valence-corrected chi connectivity index (χ2v) is 9.55. The lowest BCUT2D eigenvalue weighted by atomic mass is 10.1. The van der Waals surface area contributed by atoms with Gasteiger partial charge in [-0.05, 0) is 50.1 Å². The van der Waals surface area contributed by atoms with E-state index in [1.807, 2.05) is 24.3 Å². The van der Waals surface area contributed by atoms with Gasteiger partial charge in [0.1, 0.15) is 22.6 Å². The van der Waals surface area contributed by atoms with E-state index in [2.05, 4.69) is 36.3 Å². The van der Waals surface area contributed by atoms with Gasteiger partial charge < -0.3 is 44.9 Å². The molecule has 0 bridgehead atoms. The number of aromatic hydroxyl groups is 1. The van der Waals surface area contributed by atoms with Crippen LogP contribution in [0.3, 0.4) is 0 Å². The monoisotopic (exact) mass is 549 g/mol. The molecule has 4 aromatic rings. The van der Waals surface area contributed by atoms with Crippen LogP contribution in [0, 0.1) is 0 Å². The highest BCUT2D eigenvalue weighted by molar-refractivity contribution is 7.26. The molecule has 2 aromatic carbocycles. The fourth-order valence-electron chi connectivity index (χ4n) is 4.42. The average molecular weight is 551 g/mol. The van der Waals surface area contributed by atoms with E-state index in [0.29, 0.717) is 17.9 Å². The Bertz CT molecular complexity index is 1310. The summed E-state index contributed by atoms with van der Waals surface area (Å²) >= 11 is 1.63. The number of nitrogens with one attached hydrogen (secondary N) is 3. The van der Waals surface area contributed by atoms with Gasteiger partial charge in [0.2, 0.25) is 5.52 Å². The molecule has 2 heterocycles. The first-order valence-electron chi connectivity index (χ1n) is 12.0. The molecule has 0 radical (unpaired) electrons. The summed E-state index contributed by atoms with van der Waals surface area (Å²) in [4.78, 5) is 17.6. The van der Waals surface area contributed by atoms with E-state index < -0.39 is 0 Å². The normalized spacial score (nSPS) is 10.8. The molecule has 4 rings (SSSR count). The zero-order chi connectivity index (χ0) is 24.1. The summed E-state index contributed by atoms with van der Waals surface area (Å²) in [6, 6.07) is 13.8. The van der Waals surface area contributed by atoms with Crippen LogP contribution < -0.4 is 40.0 Å². The number of hydrogen-bond donors (Lipinski definition) is 3. The van der Waals surface area contributed by atoms with Gasteiger partial charge in [-0.1, -0.05) is 26.0 Å². The molecule has 9 heteroatoms. The van der Waals surface area contributed by atoms with Crippen molar-refractivity contribution < 1.29 is 49.3 Å². The summed E-state index contributed by atoms with van der Waals surface area (Å²) in [7, 11) is 0. The summed E-state index contributed by atoms with van der Waals surface area (Å²) in [6.07, 6.45) is 3.92. The molecule has 0 aliphatic rings. The summed E-state index contributed by atoms with van der Waals surface area (Å²) < 4.78 is 7.45. The summed E-state index contributed by atoms with van der Waals surface area (Å²) in [5, 5.41) is 15.2. The minimum absolute atomic E-state index is 0. The number of benzene rings is 2. The number of halogens is 2. The van der Waals surface area contributed by atoms with Crippen molar-refractivity contribution in [2.24, 2.45) is 0 Å². The van der Waals surface area contributed by atoms with Crippen molar-refractivity contribution >= 4 is 49.0 Å². The van der Waals surface area contributed by atoms with Gasteiger partial charge in [-0.3, -0.25) is 0 Å². The fraction of sp³-hybridized carbons (Fsp3) is 0.333. The van der Waals surface area contributed by atoms with Crippen LogP contribution in [0.2, 0.25) is 0 Å². The number of aromatic nitrogens is 1. The fourth-order valence-corrected chi connectivity index (χ4v) is 5.61. The predicted octanol–water partition coefficient (Wildman–Crippen LogP) is -1.29. The second-order valence-electron chi connectivity index (χ2n) is 8.50. The number of phenols is 1. The van der Waals surface area contributed by atoms with Gasteiger partial charge in [0.15, 0.2) is 6.20 Å². The van der Waals surface area contributed by atoms with Gasteiger partial charge in [0.25, 0.3) is 0 Å². The maximum Gasteiger partial charge on any atom is 0.346 e. The van der Waals surface area contributed by atoms with Crippen LogP contribution in [0.5, 0.6) is 5.75 Å². The van der Waals surface area contributed by atoms with Crippen molar-refractivity contribution in [2.45, 2.75) is 40.2 Å². The van der Waals surface area contributed by atoms with E-state index in [-0.39, 0.29) is 30.8 Å². The maximum absolute atomic E-state index is 12.8. The first kappa shape index (κ1) is 29.6. The van der Waals surface area contributed by atoms with Crippen LogP contribution >= 0.6 is 11.3 Å². The number of esters is 1. The molecule has 0 saturated carbocycles. The highest BCUT2D eigenvalue weighted by atomic mass is 35.5.